The molecule has 28 heavy (non-hydrogen) atoms. The van der Waals surface area contributed by atoms with Crippen LogP contribution in [0.15, 0.2) is 36.4 Å². The van der Waals surface area contributed by atoms with E-state index in [9.17, 15) is 23.3 Å². The molecule has 2 aromatic carbocycles. The monoisotopic (exact) mass is 425 g/mol. The molecule has 0 aliphatic rings. The number of nitrogens with zero attached hydrogens (tertiary/aromatic N) is 2. The second-order valence-corrected chi connectivity index (χ2v) is 8.71. The van der Waals surface area contributed by atoms with E-state index in [1.165, 1.54) is 31.2 Å². The van der Waals surface area contributed by atoms with Crippen LogP contribution in [-0.4, -0.2) is 31.5 Å². The van der Waals surface area contributed by atoms with Gasteiger partial charge in [-0.2, -0.15) is 0 Å². The van der Waals surface area contributed by atoms with Crippen LogP contribution in [0.3, 0.4) is 0 Å². The second kappa shape index (κ2) is 8.15. The molecule has 150 valence electrons. The maximum Gasteiger partial charge on any atom is 0.271 e. The predicted octanol–water partition coefficient (Wildman–Crippen LogP) is 3.66. The number of hydrogen-bond acceptors (Lipinski definition) is 5. The van der Waals surface area contributed by atoms with E-state index < -0.39 is 26.9 Å². The molecule has 0 aromatic heterocycles. The summed E-state index contributed by atoms with van der Waals surface area (Å²) < 4.78 is 25.8. The highest BCUT2D eigenvalue weighted by Crippen LogP contribution is 2.29. The largest absolute Gasteiger partial charge is 0.324 e. The Hall–Kier alpha value is -2.65. The van der Waals surface area contributed by atoms with E-state index in [1.807, 2.05) is 0 Å². The minimum atomic E-state index is -3.82. The lowest BCUT2D eigenvalue weighted by molar-refractivity contribution is -0.384. The third-order valence-corrected chi connectivity index (χ3v) is 5.65. The summed E-state index contributed by atoms with van der Waals surface area (Å²) in [5, 5.41) is 13.9. The lowest BCUT2D eigenvalue weighted by atomic mass is 10.1. The Morgan fingerprint density at radius 1 is 1.18 bits per heavy atom. The SMILES string of the molecule is Cc1ccc([N+](=O)[O-])cc1NC(=O)[C@@H](C)N(c1cc(Cl)ccc1C)S(C)(=O)=O. The average molecular weight is 426 g/mol. The van der Waals surface area contributed by atoms with Gasteiger partial charge in [0.15, 0.2) is 0 Å². The first kappa shape index (κ1) is 21.6. The van der Waals surface area contributed by atoms with Gasteiger partial charge in [-0.1, -0.05) is 23.7 Å². The Morgan fingerprint density at radius 3 is 2.36 bits per heavy atom. The van der Waals surface area contributed by atoms with E-state index in [0.29, 0.717) is 16.1 Å². The van der Waals surface area contributed by atoms with Crippen molar-refractivity contribution in [3.63, 3.8) is 0 Å². The average Bonchev–Trinajstić information content (AvgIpc) is 2.58. The first-order chi connectivity index (χ1) is 12.9. The molecule has 1 amide bonds. The minimum Gasteiger partial charge on any atom is -0.324 e. The Morgan fingerprint density at radius 2 is 1.79 bits per heavy atom. The van der Waals surface area contributed by atoms with Gasteiger partial charge in [0.2, 0.25) is 15.9 Å². The summed E-state index contributed by atoms with van der Waals surface area (Å²) in [7, 11) is -3.82. The number of amides is 1. The fraction of sp³-hybridized carbons (Fsp3) is 0.278. The van der Waals surface area contributed by atoms with Crippen molar-refractivity contribution < 1.29 is 18.1 Å². The number of hydrogen-bond donors (Lipinski definition) is 1. The van der Waals surface area contributed by atoms with Crippen LogP contribution in [0.25, 0.3) is 0 Å². The molecular formula is C18H20ClN3O5S. The molecule has 0 aliphatic carbocycles. The molecule has 0 bridgehead atoms. The van der Waals surface area contributed by atoms with Gasteiger partial charge < -0.3 is 5.32 Å². The molecular weight excluding hydrogens is 406 g/mol. The quantitative estimate of drug-likeness (QED) is 0.561. The summed E-state index contributed by atoms with van der Waals surface area (Å²) in [6.45, 7) is 4.82. The van der Waals surface area contributed by atoms with Gasteiger partial charge in [0.05, 0.1) is 22.6 Å². The molecule has 0 unspecified atom stereocenters. The van der Waals surface area contributed by atoms with Crippen molar-refractivity contribution in [1.29, 1.82) is 0 Å². The number of non-ortho nitro benzene ring substituents is 1. The van der Waals surface area contributed by atoms with E-state index in [1.54, 1.807) is 26.0 Å². The molecule has 0 radical (unpaired) electrons. The molecule has 0 spiro atoms. The van der Waals surface area contributed by atoms with Gasteiger partial charge in [0.25, 0.3) is 5.69 Å². The predicted molar refractivity (Wildman–Crippen MR) is 109 cm³/mol. The number of carbonyl (C=O) groups excluding carboxylic acids is 1. The number of halogens is 1. The fourth-order valence-electron chi connectivity index (χ4n) is 2.70. The van der Waals surface area contributed by atoms with Gasteiger partial charge in [-0.05, 0) is 44.0 Å². The molecule has 0 saturated heterocycles. The van der Waals surface area contributed by atoms with Crippen molar-refractivity contribution in [3.8, 4) is 0 Å². The van der Waals surface area contributed by atoms with E-state index in [0.717, 1.165) is 10.6 Å². The van der Waals surface area contributed by atoms with Crippen molar-refractivity contribution in [2.45, 2.75) is 26.8 Å². The van der Waals surface area contributed by atoms with E-state index >= 15 is 0 Å². The second-order valence-electron chi connectivity index (χ2n) is 6.41. The zero-order chi connectivity index (χ0) is 21.2. The molecule has 0 saturated carbocycles. The van der Waals surface area contributed by atoms with Gasteiger partial charge in [0, 0.05) is 17.2 Å². The first-order valence-corrected chi connectivity index (χ1v) is 10.5. The molecule has 0 fully saturated rings. The highest BCUT2D eigenvalue weighted by Gasteiger charge is 2.30. The topological polar surface area (TPSA) is 110 Å². The zero-order valence-corrected chi connectivity index (χ0v) is 17.3. The number of carbonyl (C=O) groups is 1. The van der Waals surface area contributed by atoms with Crippen molar-refractivity contribution in [2.24, 2.45) is 0 Å². The van der Waals surface area contributed by atoms with Gasteiger partial charge in [-0.25, -0.2) is 8.42 Å². The van der Waals surface area contributed by atoms with Crippen molar-refractivity contribution >= 4 is 44.6 Å². The van der Waals surface area contributed by atoms with E-state index in [2.05, 4.69) is 5.32 Å². The molecule has 10 heteroatoms. The van der Waals surface area contributed by atoms with Gasteiger partial charge in [-0.15, -0.1) is 0 Å². The maximum absolute atomic E-state index is 12.8. The van der Waals surface area contributed by atoms with E-state index in [4.69, 9.17) is 11.6 Å². The number of sulfonamides is 1. The maximum atomic E-state index is 12.8. The van der Waals surface area contributed by atoms with E-state index in [-0.39, 0.29) is 17.1 Å². The van der Waals surface area contributed by atoms with Crippen LogP contribution in [0, 0.1) is 24.0 Å². The lowest BCUT2D eigenvalue weighted by Crippen LogP contribution is -2.45. The summed E-state index contributed by atoms with van der Waals surface area (Å²) in [6.07, 6.45) is 0.996. The first-order valence-electron chi connectivity index (χ1n) is 8.23. The number of anilines is 2. The van der Waals surface area contributed by atoms with Crippen molar-refractivity contribution in [3.05, 3.63) is 62.7 Å². The standard InChI is InChI=1S/C18H20ClN3O5S/c1-11-6-8-15(22(24)25)10-16(11)20-18(23)13(3)21(28(4,26)27)17-9-14(19)7-5-12(17)2/h5-10,13H,1-4H3,(H,20,23)/t13-/m1/s1. The Balaban J connectivity index is 2.42. The summed E-state index contributed by atoms with van der Waals surface area (Å²) in [5.74, 6) is -0.631. The molecule has 2 aromatic rings. The van der Waals surface area contributed by atoms with Crippen LogP contribution in [0.2, 0.25) is 5.02 Å². The van der Waals surface area contributed by atoms with Gasteiger partial charge in [-0.3, -0.25) is 19.2 Å². The van der Waals surface area contributed by atoms with Crippen molar-refractivity contribution in [2.75, 3.05) is 15.9 Å². The third-order valence-electron chi connectivity index (χ3n) is 4.19. The van der Waals surface area contributed by atoms with Crippen LogP contribution < -0.4 is 9.62 Å². The normalized spacial score (nSPS) is 12.3. The smallest absolute Gasteiger partial charge is 0.271 e. The molecule has 8 nitrogen and oxygen atoms in total. The molecule has 0 heterocycles. The summed E-state index contributed by atoms with van der Waals surface area (Å²) in [6, 6.07) is 7.70. The number of nitro benzene ring substituents is 1. The Labute approximate surface area is 168 Å². The van der Waals surface area contributed by atoms with Gasteiger partial charge in [0.1, 0.15) is 6.04 Å². The molecule has 0 aliphatic heterocycles. The third kappa shape index (κ3) is 4.79. The molecule has 1 N–H and O–H groups in total. The van der Waals surface area contributed by atoms with Crippen LogP contribution >= 0.6 is 11.6 Å². The molecule has 1 atom stereocenters. The summed E-state index contributed by atoms with van der Waals surface area (Å²) >= 11 is 6.01. The Kier molecular flexibility index (Phi) is 6.30. The Bertz CT molecular complexity index is 1040. The lowest BCUT2D eigenvalue weighted by Gasteiger charge is -2.29. The van der Waals surface area contributed by atoms with Crippen LogP contribution in [0.1, 0.15) is 18.1 Å². The fourth-order valence-corrected chi connectivity index (χ4v) is 4.09. The van der Waals surface area contributed by atoms with Crippen LogP contribution in [0.4, 0.5) is 17.1 Å². The number of nitrogens with one attached hydrogen (secondary N) is 1. The minimum absolute atomic E-state index is 0.181. The summed E-state index contributed by atoms with van der Waals surface area (Å²) in [4.78, 5) is 23.2. The number of aryl methyl sites for hydroxylation is 2. The van der Waals surface area contributed by atoms with Crippen LogP contribution in [-0.2, 0) is 14.8 Å². The van der Waals surface area contributed by atoms with Crippen molar-refractivity contribution in [1.82, 2.24) is 0 Å². The number of nitro groups is 1. The number of benzene rings is 2. The van der Waals surface area contributed by atoms with Gasteiger partial charge >= 0.3 is 0 Å². The zero-order valence-electron chi connectivity index (χ0n) is 15.8. The number of rotatable bonds is 6. The highest BCUT2D eigenvalue weighted by molar-refractivity contribution is 7.92. The highest BCUT2D eigenvalue weighted by atomic mass is 35.5. The molecule has 2 rings (SSSR count). The summed E-state index contributed by atoms with van der Waals surface area (Å²) in [5.41, 5.74) is 1.58. The van der Waals surface area contributed by atoms with Crippen LogP contribution in [0.5, 0.6) is 0 Å².